The number of methoxy groups -OCH3 is 1. The quantitative estimate of drug-likeness (QED) is 0.429. The average Bonchev–Trinajstić information content (AvgIpc) is 3.31. The molecule has 1 unspecified atom stereocenters. The second-order valence-corrected chi connectivity index (χ2v) is 8.28. The Hall–Kier alpha value is -2.79. The monoisotopic (exact) mass is 454 g/mol. The van der Waals surface area contributed by atoms with Crippen LogP contribution in [0.3, 0.4) is 0 Å². The Kier molecular flexibility index (Phi) is 10.5. The topological polar surface area (TPSA) is 152 Å². The van der Waals surface area contributed by atoms with E-state index in [4.69, 9.17) is 9.26 Å². The fourth-order valence-electron chi connectivity index (χ4n) is 2.70. The molecule has 0 aliphatic carbocycles. The average molecular weight is 455 g/mol. The first-order chi connectivity index (χ1) is 14.9. The summed E-state index contributed by atoms with van der Waals surface area (Å²) in [5.74, 6) is -1.11. The van der Waals surface area contributed by atoms with Gasteiger partial charge in [-0.05, 0) is 33.1 Å². The van der Waals surface area contributed by atoms with Crippen LogP contribution in [0.5, 0.6) is 0 Å². The number of nitrogens with zero attached hydrogens (tertiary/aromatic N) is 1. The molecule has 11 heteroatoms. The van der Waals surface area contributed by atoms with E-state index < -0.39 is 35.4 Å². The minimum Gasteiger partial charge on any atom is -0.388 e. The SMILES string of the molecule is COC.Cc1cc(C(=O)N[C@@H](C)C(=O)NCC(=O)NC(CC(C)C)C(=O)[C@@]2(C)CO2)no1. The van der Waals surface area contributed by atoms with Gasteiger partial charge in [-0.2, -0.15) is 0 Å². The van der Waals surface area contributed by atoms with Gasteiger partial charge in [0.2, 0.25) is 11.8 Å². The maximum atomic E-state index is 12.5. The van der Waals surface area contributed by atoms with Crippen molar-refractivity contribution in [3.63, 3.8) is 0 Å². The van der Waals surface area contributed by atoms with Gasteiger partial charge in [0, 0.05) is 20.3 Å². The minimum absolute atomic E-state index is 0.0609. The van der Waals surface area contributed by atoms with Crippen LogP contribution in [0.25, 0.3) is 0 Å². The number of epoxide rings is 1. The van der Waals surface area contributed by atoms with Gasteiger partial charge in [-0.1, -0.05) is 19.0 Å². The molecule has 3 amide bonds. The Balaban J connectivity index is 0.00000161. The van der Waals surface area contributed by atoms with Crippen molar-refractivity contribution in [3.8, 4) is 0 Å². The van der Waals surface area contributed by atoms with E-state index in [0.717, 1.165) is 0 Å². The number of carbonyl (C=O) groups excluding carboxylic acids is 4. The van der Waals surface area contributed by atoms with Crippen LogP contribution in [0, 0.1) is 12.8 Å². The Bertz CT molecular complexity index is 802. The number of carbonyl (C=O) groups is 4. The van der Waals surface area contributed by atoms with Crippen molar-refractivity contribution >= 4 is 23.5 Å². The summed E-state index contributed by atoms with van der Waals surface area (Å²) in [5.41, 5.74) is -0.778. The van der Waals surface area contributed by atoms with Crippen molar-refractivity contribution in [1.29, 1.82) is 0 Å². The highest BCUT2D eigenvalue weighted by molar-refractivity contribution is 5.98. The highest BCUT2D eigenvalue weighted by Crippen LogP contribution is 2.29. The first kappa shape index (κ1) is 27.2. The normalized spacial score (nSPS) is 18.6. The standard InChI is InChI=1S/C19H28N4O6.C2H6O/c1-10(2)6-13(16(25)19(5)9-28-19)22-15(24)8-20-17(26)12(4)21-18(27)14-7-11(3)29-23-14;1-3-2/h7,10,12-13H,6,8-9H2,1-5H3,(H,20,26)(H,21,27)(H,22,24);1-2H3/t12-,13?,19+;/m0./s1. The second kappa shape index (κ2) is 12.3. The largest absolute Gasteiger partial charge is 0.388 e. The van der Waals surface area contributed by atoms with Gasteiger partial charge in [-0.15, -0.1) is 0 Å². The molecule has 1 aromatic heterocycles. The zero-order valence-electron chi connectivity index (χ0n) is 19.7. The molecule has 180 valence electrons. The maximum absolute atomic E-state index is 12.5. The van der Waals surface area contributed by atoms with Gasteiger partial charge in [0.15, 0.2) is 11.5 Å². The van der Waals surface area contributed by atoms with E-state index in [1.54, 1.807) is 28.1 Å². The third kappa shape index (κ3) is 8.75. The molecule has 1 aliphatic heterocycles. The minimum atomic E-state index is -0.890. The Labute approximate surface area is 187 Å². The smallest absolute Gasteiger partial charge is 0.274 e. The van der Waals surface area contributed by atoms with Crippen LogP contribution in [0.1, 0.15) is 50.4 Å². The van der Waals surface area contributed by atoms with Crippen molar-refractivity contribution in [1.82, 2.24) is 21.1 Å². The summed E-state index contributed by atoms with van der Waals surface area (Å²) in [4.78, 5) is 48.9. The van der Waals surface area contributed by atoms with Gasteiger partial charge >= 0.3 is 0 Å². The third-order valence-electron chi connectivity index (χ3n) is 4.48. The van der Waals surface area contributed by atoms with Crippen LogP contribution >= 0.6 is 0 Å². The van der Waals surface area contributed by atoms with E-state index in [1.165, 1.54) is 13.0 Å². The van der Waals surface area contributed by atoms with Crippen LogP contribution in [0.4, 0.5) is 0 Å². The number of rotatable bonds is 10. The van der Waals surface area contributed by atoms with Crippen molar-refractivity contribution < 1.29 is 33.2 Å². The summed E-state index contributed by atoms with van der Waals surface area (Å²) in [6.45, 7) is 8.74. The molecule has 2 heterocycles. The second-order valence-electron chi connectivity index (χ2n) is 8.28. The zero-order valence-corrected chi connectivity index (χ0v) is 19.7. The van der Waals surface area contributed by atoms with Crippen LogP contribution in [-0.4, -0.2) is 73.7 Å². The van der Waals surface area contributed by atoms with Crippen molar-refractivity contribution in [2.75, 3.05) is 27.4 Å². The van der Waals surface area contributed by atoms with E-state index in [0.29, 0.717) is 18.8 Å². The van der Waals surface area contributed by atoms with Crippen molar-refractivity contribution in [2.24, 2.45) is 5.92 Å². The number of aryl methyl sites for hydroxylation is 1. The van der Waals surface area contributed by atoms with Crippen LogP contribution in [0.2, 0.25) is 0 Å². The van der Waals surface area contributed by atoms with E-state index in [9.17, 15) is 19.2 Å². The molecule has 0 radical (unpaired) electrons. The lowest BCUT2D eigenvalue weighted by atomic mass is 9.93. The lowest BCUT2D eigenvalue weighted by Gasteiger charge is -2.21. The van der Waals surface area contributed by atoms with Gasteiger partial charge in [0.1, 0.15) is 17.4 Å². The van der Waals surface area contributed by atoms with Crippen molar-refractivity contribution in [3.05, 3.63) is 17.5 Å². The van der Waals surface area contributed by atoms with E-state index >= 15 is 0 Å². The molecule has 0 spiro atoms. The lowest BCUT2D eigenvalue weighted by Crippen LogP contribution is -2.51. The van der Waals surface area contributed by atoms with Crippen LogP contribution in [0.15, 0.2) is 10.6 Å². The number of ether oxygens (including phenoxy) is 2. The Morgan fingerprint density at radius 3 is 2.25 bits per heavy atom. The molecule has 11 nitrogen and oxygen atoms in total. The molecule has 0 bridgehead atoms. The Morgan fingerprint density at radius 1 is 1.19 bits per heavy atom. The van der Waals surface area contributed by atoms with Gasteiger partial charge < -0.3 is 29.9 Å². The fourth-order valence-corrected chi connectivity index (χ4v) is 2.70. The molecule has 1 saturated heterocycles. The number of hydrogen-bond donors (Lipinski definition) is 3. The highest BCUT2D eigenvalue weighted by atomic mass is 16.6. The van der Waals surface area contributed by atoms with E-state index in [1.807, 2.05) is 13.8 Å². The lowest BCUT2D eigenvalue weighted by molar-refractivity contribution is -0.131. The summed E-state index contributed by atoms with van der Waals surface area (Å²) in [7, 11) is 3.25. The predicted molar refractivity (Wildman–Crippen MR) is 115 cm³/mol. The van der Waals surface area contributed by atoms with E-state index in [-0.39, 0.29) is 23.9 Å². The molecule has 0 aromatic carbocycles. The number of amides is 3. The first-order valence-corrected chi connectivity index (χ1v) is 10.3. The molecule has 2 rings (SSSR count). The first-order valence-electron chi connectivity index (χ1n) is 10.3. The fraction of sp³-hybridized carbons (Fsp3) is 0.667. The molecule has 1 aromatic rings. The zero-order chi connectivity index (χ0) is 24.5. The number of aromatic nitrogens is 1. The molecular formula is C21H34N4O7. The number of Topliss-reactive ketones (excluding diaryl/α,β-unsaturated/α-hetero) is 1. The third-order valence-corrected chi connectivity index (χ3v) is 4.48. The summed E-state index contributed by atoms with van der Waals surface area (Å²) < 4.78 is 14.3. The summed E-state index contributed by atoms with van der Waals surface area (Å²) >= 11 is 0. The summed E-state index contributed by atoms with van der Waals surface area (Å²) in [5, 5.41) is 11.2. The van der Waals surface area contributed by atoms with E-state index in [2.05, 4.69) is 25.8 Å². The van der Waals surface area contributed by atoms with Gasteiger partial charge in [0.05, 0.1) is 19.2 Å². The molecule has 3 atom stereocenters. The number of nitrogens with one attached hydrogen (secondary N) is 3. The van der Waals surface area contributed by atoms with Gasteiger partial charge in [0.25, 0.3) is 5.91 Å². The molecule has 3 N–H and O–H groups in total. The summed E-state index contributed by atoms with van der Waals surface area (Å²) in [6, 6.07) is -0.123. The van der Waals surface area contributed by atoms with Crippen LogP contribution < -0.4 is 16.0 Å². The number of ketones is 1. The highest BCUT2D eigenvalue weighted by Gasteiger charge is 2.50. The molecule has 32 heavy (non-hydrogen) atoms. The molecule has 1 fully saturated rings. The molecule has 0 saturated carbocycles. The molecule has 1 aliphatic rings. The summed E-state index contributed by atoms with van der Waals surface area (Å²) in [6.07, 6.45) is 0.473. The number of hydrogen-bond acceptors (Lipinski definition) is 8. The van der Waals surface area contributed by atoms with Gasteiger partial charge in [-0.25, -0.2) is 0 Å². The Morgan fingerprint density at radius 2 is 1.78 bits per heavy atom. The van der Waals surface area contributed by atoms with Crippen LogP contribution in [-0.2, 0) is 23.9 Å². The van der Waals surface area contributed by atoms with Crippen molar-refractivity contribution in [2.45, 2.75) is 58.7 Å². The van der Waals surface area contributed by atoms with Gasteiger partial charge in [-0.3, -0.25) is 19.2 Å². The molecular weight excluding hydrogens is 420 g/mol. The maximum Gasteiger partial charge on any atom is 0.274 e. The predicted octanol–water partition coefficient (Wildman–Crippen LogP) is 0.369.